The van der Waals surface area contributed by atoms with Crippen LogP contribution in [0.1, 0.15) is 35.3 Å². The molecular formula is C16H18N2O3S2. The number of furan rings is 1. The SMILES string of the molecule is Cc1ccc(C2=NN([C@H]3CCS(=O)(=O)C3)[C@H](c3cccs3)C2)o1. The number of nitrogens with zero attached hydrogens (tertiary/aromatic N) is 2. The Morgan fingerprint density at radius 1 is 1.35 bits per heavy atom. The first kappa shape index (κ1) is 15.0. The molecule has 0 saturated carbocycles. The smallest absolute Gasteiger partial charge is 0.152 e. The lowest BCUT2D eigenvalue weighted by atomic mass is 10.1. The molecule has 4 rings (SSSR count). The van der Waals surface area contributed by atoms with Crippen LogP contribution in [0.5, 0.6) is 0 Å². The van der Waals surface area contributed by atoms with E-state index in [0.717, 1.165) is 23.7 Å². The molecular weight excluding hydrogens is 332 g/mol. The van der Waals surface area contributed by atoms with Crippen LogP contribution in [0.2, 0.25) is 0 Å². The third-order valence-corrected chi connectivity index (χ3v) is 7.15. The van der Waals surface area contributed by atoms with Crippen LogP contribution in [-0.4, -0.2) is 36.7 Å². The number of hydrogen-bond donors (Lipinski definition) is 0. The summed E-state index contributed by atoms with van der Waals surface area (Å²) in [6.07, 6.45) is 1.40. The molecule has 7 heteroatoms. The average Bonchev–Trinajstić information content (AvgIpc) is 3.22. The fraction of sp³-hybridized carbons (Fsp3) is 0.438. The Labute approximate surface area is 139 Å². The Kier molecular flexibility index (Phi) is 3.57. The molecule has 2 aliphatic rings. The van der Waals surface area contributed by atoms with Crippen LogP contribution in [0.3, 0.4) is 0 Å². The zero-order chi connectivity index (χ0) is 16.0. The lowest BCUT2D eigenvalue weighted by Crippen LogP contribution is -2.32. The van der Waals surface area contributed by atoms with Crippen molar-refractivity contribution < 1.29 is 12.8 Å². The predicted octanol–water partition coefficient (Wildman–Crippen LogP) is 2.99. The molecule has 0 bridgehead atoms. The second kappa shape index (κ2) is 5.49. The van der Waals surface area contributed by atoms with Crippen molar-refractivity contribution >= 4 is 26.9 Å². The lowest BCUT2D eigenvalue weighted by Gasteiger charge is -2.27. The molecule has 2 aromatic rings. The van der Waals surface area contributed by atoms with Crippen LogP contribution >= 0.6 is 11.3 Å². The van der Waals surface area contributed by atoms with Crippen LogP contribution in [0.25, 0.3) is 0 Å². The summed E-state index contributed by atoms with van der Waals surface area (Å²) in [7, 11) is -2.93. The van der Waals surface area contributed by atoms with Gasteiger partial charge in [0.15, 0.2) is 9.84 Å². The van der Waals surface area contributed by atoms with Gasteiger partial charge in [0.2, 0.25) is 0 Å². The van der Waals surface area contributed by atoms with Gasteiger partial charge >= 0.3 is 0 Å². The van der Waals surface area contributed by atoms with E-state index in [0.29, 0.717) is 6.42 Å². The highest BCUT2D eigenvalue weighted by atomic mass is 32.2. The molecule has 1 saturated heterocycles. The molecule has 2 atom stereocenters. The highest BCUT2D eigenvalue weighted by molar-refractivity contribution is 7.91. The van der Waals surface area contributed by atoms with E-state index in [-0.39, 0.29) is 23.6 Å². The summed E-state index contributed by atoms with van der Waals surface area (Å²) in [6, 6.07) is 8.06. The van der Waals surface area contributed by atoms with Crippen molar-refractivity contribution in [2.24, 2.45) is 5.10 Å². The second-order valence-electron chi connectivity index (χ2n) is 6.13. The summed E-state index contributed by atoms with van der Waals surface area (Å²) >= 11 is 1.69. The molecule has 0 aromatic carbocycles. The number of aryl methyl sites for hydroxylation is 1. The minimum Gasteiger partial charge on any atom is -0.460 e. The summed E-state index contributed by atoms with van der Waals surface area (Å²) in [5, 5.41) is 8.81. The van der Waals surface area contributed by atoms with Gasteiger partial charge in [0.1, 0.15) is 17.2 Å². The van der Waals surface area contributed by atoms with E-state index in [9.17, 15) is 8.42 Å². The minimum atomic E-state index is -2.93. The van der Waals surface area contributed by atoms with Gasteiger partial charge in [-0.05, 0) is 36.9 Å². The van der Waals surface area contributed by atoms with Gasteiger partial charge < -0.3 is 4.42 Å². The van der Waals surface area contributed by atoms with Gasteiger partial charge in [0.25, 0.3) is 0 Å². The molecule has 0 N–H and O–H groups in total. The molecule has 1 fully saturated rings. The van der Waals surface area contributed by atoms with E-state index >= 15 is 0 Å². The van der Waals surface area contributed by atoms with Crippen LogP contribution in [0.4, 0.5) is 0 Å². The quantitative estimate of drug-likeness (QED) is 0.854. The third-order valence-electron chi connectivity index (χ3n) is 4.42. The maximum absolute atomic E-state index is 11.9. The van der Waals surface area contributed by atoms with Gasteiger partial charge in [-0.15, -0.1) is 11.3 Å². The number of sulfone groups is 1. The van der Waals surface area contributed by atoms with Crippen molar-refractivity contribution in [3.8, 4) is 0 Å². The van der Waals surface area contributed by atoms with Crippen LogP contribution in [0, 0.1) is 6.92 Å². The monoisotopic (exact) mass is 350 g/mol. The normalized spacial score (nSPS) is 26.7. The Hall–Kier alpha value is -1.60. The zero-order valence-electron chi connectivity index (χ0n) is 12.8. The second-order valence-corrected chi connectivity index (χ2v) is 9.34. The lowest BCUT2D eigenvalue weighted by molar-refractivity contribution is 0.178. The van der Waals surface area contributed by atoms with Gasteiger partial charge in [-0.1, -0.05) is 6.07 Å². The standard InChI is InChI=1S/C16H18N2O3S2/c1-11-4-5-15(21-11)13-9-14(16-3-2-7-22-16)18(17-13)12-6-8-23(19,20)10-12/h2-5,7,12,14H,6,8-10H2,1H3/t12-,14-/m0/s1. The number of thiophene rings is 1. The first-order valence-electron chi connectivity index (χ1n) is 7.68. The summed E-state index contributed by atoms with van der Waals surface area (Å²) in [5.41, 5.74) is 0.904. The summed E-state index contributed by atoms with van der Waals surface area (Å²) < 4.78 is 29.4. The molecule has 0 spiro atoms. The van der Waals surface area contributed by atoms with E-state index in [4.69, 9.17) is 9.52 Å². The Balaban J connectivity index is 1.68. The van der Waals surface area contributed by atoms with E-state index in [2.05, 4.69) is 6.07 Å². The van der Waals surface area contributed by atoms with Crippen molar-refractivity contribution in [1.29, 1.82) is 0 Å². The number of rotatable bonds is 3. The van der Waals surface area contributed by atoms with Crippen molar-refractivity contribution in [3.63, 3.8) is 0 Å². The molecule has 2 aliphatic heterocycles. The number of hydrogen-bond acceptors (Lipinski definition) is 6. The fourth-order valence-electron chi connectivity index (χ4n) is 3.30. The molecule has 0 aliphatic carbocycles. The van der Waals surface area contributed by atoms with E-state index in [1.165, 1.54) is 4.88 Å². The molecule has 2 aromatic heterocycles. The fourth-order valence-corrected chi connectivity index (χ4v) is 5.82. The zero-order valence-corrected chi connectivity index (χ0v) is 14.4. The van der Waals surface area contributed by atoms with Gasteiger partial charge in [-0.3, -0.25) is 5.01 Å². The molecule has 23 heavy (non-hydrogen) atoms. The first-order chi connectivity index (χ1) is 11.0. The highest BCUT2D eigenvalue weighted by Gasteiger charge is 2.40. The van der Waals surface area contributed by atoms with Crippen LogP contribution < -0.4 is 0 Å². The molecule has 0 radical (unpaired) electrons. The van der Waals surface area contributed by atoms with Gasteiger partial charge in [0.05, 0.1) is 23.6 Å². The highest BCUT2D eigenvalue weighted by Crippen LogP contribution is 2.38. The van der Waals surface area contributed by atoms with Crippen molar-refractivity contribution in [2.45, 2.75) is 31.8 Å². The van der Waals surface area contributed by atoms with Crippen LogP contribution in [-0.2, 0) is 9.84 Å². The predicted molar refractivity (Wildman–Crippen MR) is 90.6 cm³/mol. The summed E-state index contributed by atoms with van der Waals surface area (Å²) in [6.45, 7) is 1.91. The summed E-state index contributed by atoms with van der Waals surface area (Å²) in [5.74, 6) is 2.10. The van der Waals surface area contributed by atoms with Crippen molar-refractivity contribution in [2.75, 3.05) is 11.5 Å². The first-order valence-corrected chi connectivity index (χ1v) is 10.4. The maximum atomic E-state index is 11.9. The van der Waals surface area contributed by atoms with Crippen molar-refractivity contribution in [1.82, 2.24) is 5.01 Å². The molecule has 4 heterocycles. The molecule has 122 valence electrons. The van der Waals surface area contributed by atoms with E-state index < -0.39 is 9.84 Å². The van der Waals surface area contributed by atoms with Gasteiger partial charge in [-0.25, -0.2) is 8.42 Å². The Morgan fingerprint density at radius 2 is 2.22 bits per heavy atom. The topological polar surface area (TPSA) is 62.9 Å². The maximum Gasteiger partial charge on any atom is 0.152 e. The van der Waals surface area contributed by atoms with Crippen LogP contribution in [0.15, 0.2) is 39.2 Å². The minimum absolute atomic E-state index is 0.0411. The van der Waals surface area contributed by atoms with E-state index in [1.807, 2.05) is 35.5 Å². The molecule has 0 amide bonds. The Bertz CT molecular complexity index is 837. The van der Waals surface area contributed by atoms with E-state index in [1.54, 1.807) is 11.3 Å². The van der Waals surface area contributed by atoms with Crippen molar-refractivity contribution in [3.05, 3.63) is 46.0 Å². The van der Waals surface area contributed by atoms with Gasteiger partial charge in [0, 0.05) is 11.3 Å². The average molecular weight is 350 g/mol. The Morgan fingerprint density at radius 3 is 2.83 bits per heavy atom. The third kappa shape index (κ3) is 2.83. The number of hydrazone groups is 1. The molecule has 5 nitrogen and oxygen atoms in total. The summed E-state index contributed by atoms with van der Waals surface area (Å²) in [4.78, 5) is 1.22. The largest absolute Gasteiger partial charge is 0.460 e. The molecule has 0 unspecified atom stereocenters. The van der Waals surface area contributed by atoms with Gasteiger partial charge in [-0.2, -0.15) is 5.10 Å².